The summed E-state index contributed by atoms with van der Waals surface area (Å²) in [5.74, 6) is 0.208. The Kier molecular flexibility index (Phi) is 5.85. The fourth-order valence-electron chi connectivity index (χ4n) is 2.96. The van der Waals surface area contributed by atoms with E-state index in [0.29, 0.717) is 0 Å². The normalized spacial score (nSPS) is 11.7. The van der Waals surface area contributed by atoms with Crippen molar-refractivity contribution in [2.24, 2.45) is 0 Å². The van der Waals surface area contributed by atoms with Crippen molar-refractivity contribution < 1.29 is 14.2 Å². The maximum absolute atomic E-state index is 5.32. The Morgan fingerprint density at radius 2 is 0.731 bits per heavy atom. The molecule has 3 rings (SSSR count). The van der Waals surface area contributed by atoms with Crippen LogP contribution < -0.4 is 30.1 Å². The zero-order chi connectivity index (χ0) is 18.6. The molecule has 0 atom stereocenters. The molecule has 3 aromatic rings. The predicted molar refractivity (Wildman–Crippen MR) is 115 cm³/mol. The molecule has 0 heterocycles. The number of rotatable bonds is 6. The maximum atomic E-state index is 5.32. The Bertz CT molecular complexity index is 730. The van der Waals surface area contributed by atoms with Crippen molar-refractivity contribution in [1.29, 1.82) is 0 Å². The van der Waals surface area contributed by atoms with Gasteiger partial charge in [0.25, 0.3) is 0 Å². The third kappa shape index (κ3) is 3.58. The molecule has 0 fully saturated rings. The first-order chi connectivity index (χ1) is 12.6. The van der Waals surface area contributed by atoms with Crippen LogP contribution in [0.5, 0.6) is 17.2 Å². The molecular formula is C21H22BrO3P. The van der Waals surface area contributed by atoms with Gasteiger partial charge >= 0.3 is 163 Å². The van der Waals surface area contributed by atoms with Crippen LogP contribution in [0.2, 0.25) is 0 Å². The summed E-state index contributed by atoms with van der Waals surface area (Å²) in [6, 6.07) is 24.8. The van der Waals surface area contributed by atoms with Crippen LogP contribution in [-0.4, -0.2) is 21.3 Å². The average Bonchev–Trinajstić information content (AvgIpc) is 2.73. The van der Waals surface area contributed by atoms with Crippen LogP contribution in [-0.2, 0) is 0 Å². The molecular weight excluding hydrogens is 411 g/mol. The van der Waals surface area contributed by atoms with E-state index >= 15 is 0 Å². The summed E-state index contributed by atoms with van der Waals surface area (Å²) < 4.78 is 16.0. The summed E-state index contributed by atoms with van der Waals surface area (Å²) >= 11 is 4.17. The molecule has 3 nitrogen and oxygen atoms in total. The Labute approximate surface area is 163 Å². The van der Waals surface area contributed by atoms with Crippen LogP contribution in [0, 0.1) is 0 Å². The Morgan fingerprint density at radius 3 is 0.923 bits per heavy atom. The molecule has 0 saturated carbocycles. The van der Waals surface area contributed by atoms with E-state index in [1.807, 2.05) is 36.4 Å². The SMILES string of the molecule is COc1ccc([PH](Br)(c2ccc(OC)cc2)c2ccc(OC)cc2)cc1. The van der Waals surface area contributed by atoms with Crippen molar-refractivity contribution in [2.75, 3.05) is 21.3 Å². The van der Waals surface area contributed by atoms with Crippen LogP contribution in [0.3, 0.4) is 0 Å². The molecule has 0 spiro atoms. The minimum atomic E-state index is -2.34. The third-order valence-electron chi connectivity index (χ3n) is 4.46. The van der Waals surface area contributed by atoms with Gasteiger partial charge in [-0.2, -0.15) is 0 Å². The van der Waals surface area contributed by atoms with Gasteiger partial charge in [-0.05, 0) is 0 Å². The van der Waals surface area contributed by atoms with E-state index in [-0.39, 0.29) is 0 Å². The van der Waals surface area contributed by atoms with Gasteiger partial charge in [-0.1, -0.05) is 0 Å². The second-order valence-corrected chi connectivity index (χ2v) is 12.5. The molecule has 0 unspecified atom stereocenters. The van der Waals surface area contributed by atoms with E-state index in [1.165, 1.54) is 15.9 Å². The molecule has 0 N–H and O–H groups in total. The standard InChI is InChI=1S/C21H22BrO3P/c1-23-16-4-10-19(11-5-16)26(22,20-12-6-17(24-2)7-13-20)21-14-8-18(25-3)9-15-21/h4-15,26H,1-3H3. The van der Waals surface area contributed by atoms with E-state index in [2.05, 4.69) is 51.9 Å². The first-order valence-electron chi connectivity index (χ1n) is 8.24. The molecule has 0 radical (unpaired) electrons. The van der Waals surface area contributed by atoms with Gasteiger partial charge in [0, 0.05) is 0 Å². The van der Waals surface area contributed by atoms with E-state index < -0.39 is 5.96 Å². The summed E-state index contributed by atoms with van der Waals surface area (Å²) in [5.41, 5.74) is 0. The van der Waals surface area contributed by atoms with E-state index in [9.17, 15) is 0 Å². The Morgan fingerprint density at radius 1 is 0.500 bits per heavy atom. The molecule has 0 aliphatic carbocycles. The van der Waals surface area contributed by atoms with E-state index in [4.69, 9.17) is 14.2 Å². The number of hydrogen-bond donors (Lipinski definition) is 0. The van der Waals surface area contributed by atoms with Gasteiger partial charge in [0.2, 0.25) is 0 Å². The molecule has 0 aliphatic heterocycles. The molecule has 136 valence electrons. The summed E-state index contributed by atoms with van der Waals surface area (Å²) in [6.45, 7) is 0. The van der Waals surface area contributed by atoms with Crippen molar-refractivity contribution in [3.05, 3.63) is 72.8 Å². The number of ether oxygens (including phenoxy) is 3. The Balaban J connectivity index is 2.15. The number of benzene rings is 3. The van der Waals surface area contributed by atoms with E-state index in [1.54, 1.807) is 21.3 Å². The summed E-state index contributed by atoms with van der Waals surface area (Å²) in [6.07, 6.45) is 0. The number of hydrogen-bond acceptors (Lipinski definition) is 3. The zero-order valence-electron chi connectivity index (χ0n) is 15.0. The summed E-state index contributed by atoms with van der Waals surface area (Å²) in [4.78, 5) is 0. The number of methoxy groups -OCH3 is 3. The van der Waals surface area contributed by atoms with Crippen LogP contribution in [0.1, 0.15) is 0 Å². The van der Waals surface area contributed by atoms with Gasteiger partial charge < -0.3 is 0 Å². The molecule has 26 heavy (non-hydrogen) atoms. The molecule has 0 aliphatic rings. The van der Waals surface area contributed by atoms with Crippen molar-refractivity contribution in [3.63, 3.8) is 0 Å². The van der Waals surface area contributed by atoms with Crippen molar-refractivity contribution in [2.45, 2.75) is 0 Å². The first-order valence-corrected chi connectivity index (χ1v) is 12.5. The van der Waals surface area contributed by atoms with Gasteiger partial charge in [0.1, 0.15) is 0 Å². The van der Waals surface area contributed by atoms with Gasteiger partial charge in [-0.15, -0.1) is 0 Å². The quantitative estimate of drug-likeness (QED) is 0.550. The van der Waals surface area contributed by atoms with Crippen LogP contribution >= 0.6 is 21.5 Å². The zero-order valence-corrected chi connectivity index (χ0v) is 17.6. The number of halogens is 1. The minimum absolute atomic E-state index is 0.849. The molecule has 0 bridgehead atoms. The van der Waals surface area contributed by atoms with Crippen molar-refractivity contribution in [1.82, 2.24) is 0 Å². The summed E-state index contributed by atoms with van der Waals surface area (Å²) in [7, 11) is 5.04. The molecule has 3 aromatic carbocycles. The average molecular weight is 433 g/mol. The van der Waals surface area contributed by atoms with Crippen LogP contribution in [0.25, 0.3) is 0 Å². The van der Waals surface area contributed by atoms with Crippen LogP contribution in [0.15, 0.2) is 72.8 Å². The monoisotopic (exact) mass is 432 g/mol. The fraction of sp³-hybridized carbons (Fsp3) is 0.143. The fourth-order valence-corrected chi connectivity index (χ4v) is 8.22. The van der Waals surface area contributed by atoms with Gasteiger partial charge in [-0.25, -0.2) is 0 Å². The second-order valence-electron chi connectivity index (χ2n) is 5.84. The van der Waals surface area contributed by atoms with Crippen LogP contribution in [0.4, 0.5) is 0 Å². The predicted octanol–water partition coefficient (Wildman–Crippen LogP) is 4.05. The van der Waals surface area contributed by atoms with Gasteiger partial charge in [-0.3, -0.25) is 0 Å². The molecule has 0 aromatic heterocycles. The Hall–Kier alpha value is -2.03. The second kappa shape index (κ2) is 8.11. The molecule has 0 amide bonds. The molecule has 0 saturated heterocycles. The van der Waals surface area contributed by atoms with Gasteiger partial charge in [0.05, 0.1) is 0 Å². The van der Waals surface area contributed by atoms with Crippen molar-refractivity contribution in [3.8, 4) is 17.2 Å². The summed E-state index contributed by atoms with van der Waals surface area (Å²) in [5, 5.41) is 3.73. The first kappa shape index (κ1) is 18.8. The van der Waals surface area contributed by atoms with E-state index in [0.717, 1.165) is 17.2 Å². The topological polar surface area (TPSA) is 27.7 Å². The van der Waals surface area contributed by atoms with Gasteiger partial charge in [0.15, 0.2) is 0 Å². The third-order valence-corrected chi connectivity index (χ3v) is 12.0. The molecule has 5 heteroatoms. The van der Waals surface area contributed by atoms with Crippen molar-refractivity contribution >= 4 is 37.4 Å².